The molecule has 3 rings (SSSR count). The van der Waals surface area contributed by atoms with Crippen molar-refractivity contribution in [2.75, 3.05) is 13.2 Å². The topological polar surface area (TPSA) is 53.4 Å². The Balaban J connectivity index is 1.64. The number of carbonyl (C=O) groups excluding carboxylic acids is 1. The Hall–Kier alpha value is -2.14. The van der Waals surface area contributed by atoms with Gasteiger partial charge in [-0.3, -0.25) is 4.79 Å². The lowest BCUT2D eigenvalue weighted by atomic mass is 10.0. The molecule has 0 saturated carbocycles. The maximum Gasteiger partial charge on any atom is 0.316 e. The van der Waals surface area contributed by atoms with Gasteiger partial charge in [0.25, 0.3) is 0 Å². The Morgan fingerprint density at radius 3 is 2.85 bits per heavy atom. The molecule has 0 bridgehead atoms. The van der Waals surface area contributed by atoms with Gasteiger partial charge in [0, 0.05) is 19.0 Å². The summed E-state index contributed by atoms with van der Waals surface area (Å²) < 4.78 is 12.4. The molecule has 1 aliphatic rings. The molecule has 0 unspecified atom stereocenters. The summed E-state index contributed by atoms with van der Waals surface area (Å²) in [5.41, 5.74) is 0.927. The van der Waals surface area contributed by atoms with Crippen LogP contribution in [0, 0.1) is 5.92 Å². The number of nitrogens with zero attached hydrogens (tertiary/aromatic N) is 2. The Morgan fingerprint density at radius 1 is 1.35 bits per heavy atom. The van der Waals surface area contributed by atoms with E-state index in [1.54, 1.807) is 23.0 Å². The second-order valence-corrected chi connectivity index (χ2v) is 4.78. The first kappa shape index (κ1) is 12.9. The molecule has 1 aliphatic heterocycles. The summed E-state index contributed by atoms with van der Waals surface area (Å²) in [5, 5.41) is 4.14. The summed E-state index contributed by atoms with van der Waals surface area (Å²) in [6, 6.07) is 9.15. The van der Waals surface area contributed by atoms with Crippen molar-refractivity contribution >= 4 is 5.97 Å². The van der Waals surface area contributed by atoms with Crippen LogP contribution in [0.5, 0.6) is 5.75 Å². The Morgan fingerprint density at radius 2 is 2.20 bits per heavy atom. The normalized spacial score (nSPS) is 18.7. The zero-order valence-electron chi connectivity index (χ0n) is 11.1. The lowest BCUT2D eigenvalue weighted by molar-refractivity contribution is -0.143. The second-order valence-electron chi connectivity index (χ2n) is 4.78. The fourth-order valence-corrected chi connectivity index (χ4v) is 2.21. The highest BCUT2D eigenvalue weighted by Crippen LogP contribution is 2.19. The van der Waals surface area contributed by atoms with Gasteiger partial charge in [-0.1, -0.05) is 0 Å². The summed E-state index contributed by atoms with van der Waals surface area (Å²) in [4.78, 5) is 12.0. The van der Waals surface area contributed by atoms with Crippen molar-refractivity contribution in [1.29, 1.82) is 0 Å². The highest BCUT2D eigenvalue weighted by Gasteiger charge is 2.23. The van der Waals surface area contributed by atoms with Gasteiger partial charge in [0.2, 0.25) is 0 Å². The van der Waals surface area contributed by atoms with Gasteiger partial charge in [0.05, 0.1) is 18.2 Å². The molecule has 1 saturated heterocycles. The number of ether oxygens (including phenoxy) is 2. The molecular formula is C15H16N2O3. The van der Waals surface area contributed by atoms with Crippen LogP contribution in [-0.4, -0.2) is 29.0 Å². The number of esters is 1. The largest absolute Gasteiger partial charge is 0.426 e. The molecule has 0 N–H and O–H groups in total. The lowest BCUT2D eigenvalue weighted by Gasteiger charge is -2.20. The van der Waals surface area contributed by atoms with Crippen LogP contribution in [0.15, 0.2) is 42.7 Å². The SMILES string of the molecule is O=C(Oc1ccc(-n2cccn2)cc1)[C@H]1CCCOC1. The highest BCUT2D eigenvalue weighted by molar-refractivity contribution is 5.75. The minimum Gasteiger partial charge on any atom is -0.426 e. The Labute approximate surface area is 117 Å². The van der Waals surface area contributed by atoms with E-state index in [9.17, 15) is 4.79 Å². The first-order valence-electron chi connectivity index (χ1n) is 6.72. The summed E-state index contributed by atoms with van der Waals surface area (Å²) in [7, 11) is 0. The third-order valence-corrected chi connectivity index (χ3v) is 3.32. The number of hydrogen-bond donors (Lipinski definition) is 0. The predicted molar refractivity (Wildman–Crippen MR) is 72.7 cm³/mol. The van der Waals surface area contributed by atoms with Crippen LogP contribution in [0.4, 0.5) is 0 Å². The molecule has 2 heterocycles. The van der Waals surface area contributed by atoms with Gasteiger partial charge in [-0.15, -0.1) is 0 Å². The molecule has 0 aliphatic carbocycles. The molecule has 2 aromatic rings. The molecular weight excluding hydrogens is 256 g/mol. The van der Waals surface area contributed by atoms with E-state index < -0.39 is 0 Å². The molecule has 20 heavy (non-hydrogen) atoms. The van der Waals surface area contributed by atoms with Crippen molar-refractivity contribution in [2.45, 2.75) is 12.8 Å². The number of benzene rings is 1. The summed E-state index contributed by atoms with van der Waals surface area (Å²) >= 11 is 0. The third kappa shape index (κ3) is 2.88. The van der Waals surface area contributed by atoms with Gasteiger partial charge < -0.3 is 9.47 Å². The van der Waals surface area contributed by atoms with Crippen LogP contribution >= 0.6 is 0 Å². The van der Waals surface area contributed by atoms with Crippen molar-refractivity contribution in [3.8, 4) is 11.4 Å². The summed E-state index contributed by atoms with van der Waals surface area (Å²) in [5.74, 6) is 0.197. The maximum atomic E-state index is 12.0. The first-order chi connectivity index (χ1) is 9.83. The number of rotatable bonds is 3. The molecule has 5 nitrogen and oxygen atoms in total. The maximum absolute atomic E-state index is 12.0. The van der Waals surface area contributed by atoms with Crippen molar-refractivity contribution in [2.24, 2.45) is 5.92 Å². The van der Waals surface area contributed by atoms with Crippen LogP contribution in [0.1, 0.15) is 12.8 Å². The van der Waals surface area contributed by atoms with E-state index in [1.807, 2.05) is 24.4 Å². The number of hydrogen-bond acceptors (Lipinski definition) is 4. The average Bonchev–Trinajstić information content (AvgIpc) is 3.03. The average molecular weight is 272 g/mol. The monoisotopic (exact) mass is 272 g/mol. The van der Waals surface area contributed by atoms with Gasteiger partial charge in [0.1, 0.15) is 5.75 Å². The lowest BCUT2D eigenvalue weighted by Crippen LogP contribution is -2.28. The Bertz CT molecular complexity index is 557. The van der Waals surface area contributed by atoms with E-state index in [4.69, 9.17) is 9.47 Å². The van der Waals surface area contributed by atoms with Crippen molar-refractivity contribution in [3.05, 3.63) is 42.7 Å². The minimum absolute atomic E-state index is 0.144. The van der Waals surface area contributed by atoms with E-state index in [1.165, 1.54) is 0 Å². The molecule has 1 aromatic carbocycles. The van der Waals surface area contributed by atoms with Crippen LogP contribution in [-0.2, 0) is 9.53 Å². The molecule has 5 heteroatoms. The van der Waals surface area contributed by atoms with Gasteiger partial charge in [-0.25, -0.2) is 4.68 Å². The van der Waals surface area contributed by atoms with Crippen molar-refractivity contribution < 1.29 is 14.3 Å². The quantitative estimate of drug-likeness (QED) is 0.635. The zero-order chi connectivity index (χ0) is 13.8. The number of carbonyl (C=O) groups is 1. The van der Waals surface area contributed by atoms with E-state index in [2.05, 4.69) is 5.10 Å². The van der Waals surface area contributed by atoms with Crippen molar-refractivity contribution in [3.63, 3.8) is 0 Å². The van der Waals surface area contributed by atoms with Crippen LogP contribution in [0.3, 0.4) is 0 Å². The third-order valence-electron chi connectivity index (χ3n) is 3.32. The van der Waals surface area contributed by atoms with Crippen LogP contribution in [0.25, 0.3) is 5.69 Å². The molecule has 1 fully saturated rings. The van der Waals surface area contributed by atoms with Gasteiger partial charge in [-0.05, 0) is 43.2 Å². The summed E-state index contributed by atoms with van der Waals surface area (Å²) in [6.45, 7) is 1.20. The molecule has 0 spiro atoms. The van der Waals surface area contributed by atoms with Crippen LogP contribution in [0.2, 0.25) is 0 Å². The fourth-order valence-electron chi connectivity index (χ4n) is 2.21. The molecule has 1 aromatic heterocycles. The van der Waals surface area contributed by atoms with E-state index in [-0.39, 0.29) is 11.9 Å². The molecule has 0 radical (unpaired) electrons. The van der Waals surface area contributed by atoms with Gasteiger partial charge in [0.15, 0.2) is 0 Å². The minimum atomic E-state index is -0.212. The zero-order valence-corrected chi connectivity index (χ0v) is 11.1. The van der Waals surface area contributed by atoms with Gasteiger partial charge in [-0.2, -0.15) is 5.10 Å². The standard InChI is InChI=1S/C15H16N2O3/c18-15(12-3-1-10-19-11-12)20-14-6-4-13(5-7-14)17-9-2-8-16-17/h2,4-9,12H,1,3,10-11H2/t12-/m0/s1. The molecule has 104 valence electrons. The van der Waals surface area contributed by atoms with Crippen LogP contribution < -0.4 is 4.74 Å². The predicted octanol–water partition coefficient (Wildman–Crippen LogP) is 2.20. The van der Waals surface area contributed by atoms with E-state index in [0.29, 0.717) is 12.4 Å². The second kappa shape index (κ2) is 5.88. The summed E-state index contributed by atoms with van der Waals surface area (Å²) in [6.07, 6.45) is 5.33. The molecule has 1 atom stereocenters. The fraction of sp³-hybridized carbons (Fsp3) is 0.333. The smallest absolute Gasteiger partial charge is 0.316 e. The van der Waals surface area contributed by atoms with E-state index in [0.717, 1.165) is 25.1 Å². The first-order valence-corrected chi connectivity index (χ1v) is 6.72. The van der Waals surface area contributed by atoms with E-state index >= 15 is 0 Å². The number of aromatic nitrogens is 2. The Kier molecular flexibility index (Phi) is 3.78. The molecule has 0 amide bonds. The van der Waals surface area contributed by atoms with Crippen molar-refractivity contribution in [1.82, 2.24) is 9.78 Å². The van der Waals surface area contributed by atoms with Gasteiger partial charge >= 0.3 is 5.97 Å². The highest BCUT2D eigenvalue weighted by atomic mass is 16.5.